The van der Waals surface area contributed by atoms with Gasteiger partial charge in [0.25, 0.3) is 0 Å². The molecule has 2 heterocycles. The summed E-state index contributed by atoms with van der Waals surface area (Å²) in [6, 6.07) is 10.4. The Kier molecular flexibility index (Phi) is 5.53. The summed E-state index contributed by atoms with van der Waals surface area (Å²) in [4.78, 5) is 17.2. The highest BCUT2D eigenvalue weighted by molar-refractivity contribution is 7.91. The van der Waals surface area contributed by atoms with Gasteiger partial charge in [-0.1, -0.05) is 30.3 Å². The number of morpholine rings is 1. The normalized spacial score (nSPS) is 28.1. The maximum absolute atomic E-state index is 13.0. The smallest absolute Gasteiger partial charge is 0.225 e. The van der Waals surface area contributed by atoms with E-state index in [1.54, 1.807) is 0 Å². The molecule has 2 saturated heterocycles. The monoisotopic (exact) mass is 392 g/mol. The van der Waals surface area contributed by atoms with Crippen LogP contribution in [-0.4, -0.2) is 73.5 Å². The number of hydrogen-bond donors (Lipinski definition) is 0. The molecule has 27 heavy (non-hydrogen) atoms. The first-order valence-corrected chi connectivity index (χ1v) is 11.7. The molecule has 6 nitrogen and oxygen atoms in total. The highest BCUT2D eigenvalue weighted by atomic mass is 32.2. The molecule has 1 saturated carbocycles. The van der Waals surface area contributed by atoms with E-state index in [9.17, 15) is 13.2 Å². The number of carbonyl (C=O) groups excluding carboxylic acids is 1. The van der Waals surface area contributed by atoms with Crippen molar-refractivity contribution in [1.82, 2.24) is 9.80 Å². The fourth-order valence-corrected chi connectivity index (χ4v) is 5.95. The molecule has 2 atom stereocenters. The average Bonchev–Trinajstić information content (AvgIpc) is 3.39. The predicted octanol–water partition coefficient (Wildman–Crippen LogP) is 1.46. The van der Waals surface area contributed by atoms with Crippen molar-refractivity contribution < 1.29 is 17.9 Å². The first kappa shape index (κ1) is 18.9. The summed E-state index contributed by atoms with van der Waals surface area (Å²) >= 11 is 0. The van der Waals surface area contributed by atoms with Crippen LogP contribution >= 0.6 is 0 Å². The molecule has 2 aliphatic heterocycles. The summed E-state index contributed by atoms with van der Waals surface area (Å²) in [6.07, 6.45) is 2.80. The lowest BCUT2D eigenvalue weighted by Crippen LogP contribution is -2.47. The predicted molar refractivity (Wildman–Crippen MR) is 103 cm³/mol. The number of ether oxygens (including phenoxy) is 1. The molecular weight excluding hydrogens is 364 g/mol. The maximum atomic E-state index is 13.0. The Labute approximate surface area is 161 Å². The van der Waals surface area contributed by atoms with Gasteiger partial charge >= 0.3 is 0 Å². The summed E-state index contributed by atoms with van der Waals surface area (Å²) in [5, 5.41) is 0. The second-order valence-electron chi connectivity index (χ2n) is 8.01. The summed E-state index contributed by atoms with van der Waals surface area (Å²) in [7, 11) is -2.99. The van der Waals surface area contributed by atoms with Crippen molar-refractivity contribution in [2.24, 2.45) is 0 Å². The van der Waals surface area contributed by atoms with Crippen molar-refractivity contribution in [1.29, 1.82) is 0 Å². The second-order valence-corrected chi connectivity index (χ2v) is 10.2. The molecule has 0 radical (unpaired) electrons. The molecule has 2 unspecified atom stereocenters. The molecule has 0 bridgehead atoms. The molecular formula is C20H28N2O4S. The number of benzene rings is 1. The van der Waals surface area contributed by atoms with Gasteiger partial charge in [0.05, 0.1) is 30.6 Å². The second kappa shape index (κ2) is 7.89. The number of amides is 1. The molecule has 0 spiro atoms. The van der Waals surface area contributed by atoms with Crippen molar-refractivity contribution in [2.75, 3.05) is 31.2 Å². The average molecular weight is 393 g/mol. The minimum atomic E-state index is -2.99. The van der Waals surface area contributed by atoms with Crippen LogP contribution in [0.5, 0.6) is 0 Å². The number of nitrogens with zero attached hydrogens (tertiary/aromatic N) is 2. The van der Waals surface area contributed by atoms with E-state index in [4.69, 9.17) is 4.74 Å². The molecule has 1 aliphatic carbocycles. The van der Waals surface area contributed by atoms with Crippen LogP contribution in [0.15, 0.2) is 30.3 Å². The van der Waals surface area contributed by atoms with Crippen molar-refractivity contribution in [3.05, 3.63) is 35.9 Å². The SMILES string of the molecule is O=C(CC1CN(Cc2ccccc2)CCO1)N(C1CC1)C1CCS(=O)(=O)C1. The van der Waals surface area contributed by atoms with Gasteiger partial charge < -0.3 is 9.64 Å². The minimum Gasteiger partial charge on any atom is -0.375 e. The van der Waals surface area contributed by atoms with Crippen molar-refractivity contribution in [2.45, 2.75) is 50.4 Å². The molecule has 3 fully saturated rings. The van der Waals surface area contributed by atoms with Crippen LogP contribution < -0.4 is 0 Å². The highest BCUT2D eigenvalue weighted by Gasteiger charge is 2.42. The van der Waals surface area contributed by atoms with E-state index in [1.165, 1.54) is 5.56 Å². The lowest BCUT2D eigenvalue weighted by molar-refractivity contribution is -0.138. The van der Waals surface area contributed by atoms with Crippen molar-refractivity contribution >= 4 is 15.7 Å². The zero-order valence-corrected chi connectivity index (χ0v) is 16.4. The van der Waals surface area contributed by atoms with Crippen LogP contribution in [0, 0.1) is 0 Å². The number of rotatable bonds is 6. The Bertz CT molecular complexity index is 763. The Balaban J connectivity index is 1.35. The Morgan fingerprint density at radius 1 is 1.15 bits per heavy atom. The summed E-state index contributed by atoms with van der Waals surface area (Å²) in [5.74, 6) is 0.394. The van der Waals surface area contributed by atoms with Gasteiger partial charge in [-0.05, 0) is 24.8 Å². The van der Waals surface area contributed by atoms with Gasteiger partial charge in [0.15, 0.2) is 9.84 Å². The van der Waals surface area contributed by atoms with E-state index in [2.05, 4.69) is 17.0 Å². The minimum absolute atomic E-state index is 0.0613. The number of sulfone groups is 1. The molecule has 1 aromatic rings. The Morgan fingerprint density at radius 3 is 2.59 bits per heavy atom. The van der Waals surface area contributed by atoms with Gasteiger partial charge in [-0.25, -0.2) is 8.42 Å². The van der Waals surface area contributed by atoms with Gasteiger partial charge in [-0.2, -0.15) is 0 Å². The Morgan fingerprint density at radius 2 is 1.93 bits per heavy atom. The maximum Gasteiger partial charge on any atom is 0.225 e. The van der Waals surface area contributed by atoms with Gasteiger partial charge in [0.1, 0.15) is 0 Å². The lowest BCUT2D eigenvalue weighted by atomic mass is 10.1. The molecule has 0 aromatic heterocycles. The Hall–Kier alpha value is -1.44. The van der Waals surface area contributed by atoms with Crippen LogP contribution in [0.4, 0.5) is 0 Å². The quantitative estimate of drug-likeness (QED) is 0.733. The molecule has 0 N–H and O–H groups in total. The van der Waals surface area contributed by atoms with E-state index in [-0.39, 0.29) is 35.6 Å². The largest absolute Gasteiger partial charge is 0.375 e. The van der Waals surface area contributed by atoms with E-state index in [0.717, 1.165) is 32.5 Å². The van der Waals surface area contributed by atoms with Crippen molar-refractivity contribution in [3.8, 4) is 0 Å². The third-order valence-electron chi connectivity index (χ3n) is 5.70. The first-order valence-electron chi connectivity index (χ1n) is 9.90. The number of hydrogen-bond acceptors (Lipinski definition) is 5. The van der Waals surface area contributed by atoms with Crippen LogP contribution in [0.3, 0.4) is 0 Å². The molecule has 1 aromatic carbocycles. The molecule has 4 rings (SSSR count). The molecule has 1 amide bonds. The standard InChI is InChI=1S/C20H28N2O4S/c23-20(22(17-6-7-17)18-8-11-27(24,25)15-18)12-19-14-21(9-10-26-19)13-16-4-2-1-3-5-16/h1-5,17-19H,6-15H2. The lowest BCUT2D eigenvalue weighted by Gasteiger charge is -2.35. The molecule has 7 heteroatoms. The highest BCUT2D eigenvalue weighted by Crippen LogP contribution is 2.33. The van der Waals surface area contributed by atoms with Gasteiger partial charge in [0.2, 0.25) is 5.91 Å². The third kappa shape index (κ3) is 4.89. The summed E-state index contributed by atoms with van der Waals surface area (Å²) in [6.45, 7) is 3.10. The van der Waals surface area contributed by atoms with Crippen molar-refractivity contribution in [3.63, 3.8) is 0 Å². The zero-order valence-electron chi connectivity index (χ0n) is 15.6. The van der Waals surface area contributed by atoms with E-state index in [1.807, 2.05) is 23.1 Å². The topological polar surface area (TPSA) is 66.9 Å². The summed E-state index contributed by atoms with van der Waals surface area (Å²) < 4.78 is 29.6. The van der Waals surface area contributed by atoms with Crippen LogP contribution in [0.1, 0.15) is 31.2 Å². The fourth-order valence-electron chi connectivity index (χ4n) is 4.24. The first-order chi connectivity index (χ1) is 13.0. The fraction of sp³-hybridized carbons (Fsp3) is 0.650. The van der Waals surface area contributed by atoms with Gasteiger partial charge in [-0.15, -0.1) is 0 Å². The molecule has 3 aliphatic rings. The van der Waals surface area contributed by atoms with Crippen LogP contribution in [0.25, 0.3) is 0 Å². The van der Waals surface area contributed by atoms with Crippen LogP contribution in [0.2, 0.25) is 0 Å². The van der Waals surface area contributed by atoms with E-state index < -0.39 is 9.84 Å². The van der Waals surface area contributed by atoms with E-state index in [0.29, 0.717) is 19.4 Å². The molecule has 148 valence electrons. The van der Waals surface area contributed by atoms with Gasteiger partial charge in [0, 0.05) is 31.7 Å². The zero-order chi connectivity index (χ0) is 18.9. The number of carbonyl (C=O) groups is 1. The van der Waals surface area contributed by atoms with E-state index >= 15 is 0 Å². The van der Waals surface area contributed by atoms with Crippen LogP contribution in [-0.2, 0) is 25.9 Å². The summed E-state index contributed by atoms with van der Waals surface area (Å²) in [5.41, 5.74) is 1.26. The third-order valence-corrected chi connectivity index (χ3v) is 7.45. The van der Waals surface area contributed by atoms with Gasteiger partial charge in [-0.3, -0.25) is 9.69 Å².